The molecule has 0 aromatic heterocycles. The Bertz CT molecular complexity index is 467. The molecular weight excluding hydrogens is 198 g/mol. The van der Waals surface area contributed by atoms with Crippen molar-refractivity contribution in [2.75, 3.05) is 0 Å². The van der Waals surface area contributed by atoms with Gasteiger partial charge in [-0.3, -0.25) is 4.79 Å². The Balaban J connectivity index is 2.40. The Hall–Kier alpha value is -1.83. The van der Waals surface area contributed by atoms with Gasteiger partial charge in [0.05, 0.1) is 6.04 Å². The third kappa shape index (κ3) is 1.67. The van der Waals surface area contributed by atoms with Crippen molar-refractivity contribution < 1.29 is 4.79 Å². The Morgan fingerprint density at radius 1 is 1.25 bits per heavy atom. The number of allylic oxidation sites excluding steroid dienone is 1. The van der Waals surface area contributed by atoms with E-state index in [0.29, 0.717) is 0 Å². The van der Waals surface area contributed by atoms with Crippen molar-refractivity contribution in [2.24, 2.45) is 0 Å². The molecule has 82 valence electrons. The first-order chi connectivity index (χ1) is 7.61. The van der Waals surface area contributed by atoms with Gasteiger partial charge < -0.3 is 5.32 Å². The quantitative estimate of drug-likeness (QED) is 0.714. The highest BCUT2D eigenvalue weighted by atomic mass is 16.2. The Morgan fingerprint density at radius 3 is 2.38 bits per heavy atom. The van der Waals surface area contributed by atoms with Crippen LogP contribution in [0.5, 0.6) is 0 Å². The van der Waals surface area contributed by atoms with Gasteiger partial charge in [0.2, 0.25) is 0 Å². The van der Waals surface area contributed by atoms with Crippen molar-refractivity contribution in [3.63, 3.8) is 0 Å². The van der Waals surface area contributed by atoms with Gasteiger partial charge in [0.25, 0.3) is 5.91 Å². The zero-order chi connectivity index (χ0) is 11.7. The number of nitrogens with one attached hydrogen (secondary N) is 1. The molecule has 2 rings (SSSR count). The van der Waals surface area contributed by atoms with Crippen LogP contribution < -0.4 is 5.32 Å². The van der Waals surface area contributed by atoms with E-state index < -0.39 is 0 Å². The van der Waals surface area contributed by atoms with Crippen LogP contribution in [0.25, 0.3) is 0 Å². The molecule has 0 bridgehead atoms. The number of carbonyl (C=O) groups is 1. The SMILES string of the molecule is C=C1C(=C(C)C)C(=O)NC1c1ccccc1. The van der Waals surface area contributed by atoms with Gasteiger partial charge in [-0.15, -0.1) is 0 Å². The van der Waals surface area contributed by atoms with Gasteiger partial charge in [0.1, 0.15) is 0 Å². The molecule has 1 fully saturated rings. The van der Waals surface area contributed by atoms with Crippen LogP contribution in [0.15, 0.2) is 53.6 Å². The van der Waals surface area contributed by atoms with Crippen molar-refractivity contribution in [3.05, 3.63) is 59.2 Å². The molecule has 2 nitrogen and oxygen atoms in total. The molecule has 1 amide bonds. The molecule has 0 aliphatic carbocycles. The molecule has 1 aliphatic heterocycles. The number of hydrogen-bond donors (Lipinski definition) is 1. The van der Waals surface area contributed by atoms with E-state index >= 15 is 0 Å². The summed E-state index contributed by atoms with van der Waals surface area (Å²) in [7, 11) is 0. The predicted molar refractivity (Wildman–Crippen MR) is 64.8 cm³/mol. The number of carbonyl (C=O) groups excluding carboxylic acids is 1. The van der Waals surface area contributed by atoms with Crippen LogP contribution >= 0.6 is 0 Å². The number of hydrogen-bond acceptors (Lipinski definition) is 1. The van der Waals surface area contributed by atoms with E-state index in [0.717, 1.165) is 22.3 Å². The summed E-state index contributed by atoms with van der Waals surface area (Å²) in [4.78, 5) is 11.8. The van der Waals surface area contributed by atoms with Crippen LogP contribution in [0.3, 0.4) is 0 Å². The summed E-state index contributed by atoms with van der Waals surface area (Å²) in [5.41, 5.74) is 3.71. The van der Waals surface area contributed by atoms with Crippen LogP contribution in [0.2, 0.25) is 0 Å². The molecule has 1 aromatic rings. The first kappa shape index (κ1) is 10.7. The molecule has 1 saturated heterocycles. The Labute approximate surface area is 95.7 Å². The summed E-state index contributed by atoms with van der Waals surface area (Å²) in [5, 5.41) is 2.96. The van der Waals surface area contributed by atoms with Gasteiger partial charge >= 0.3 is 0 Å². The Kier molecular flexibility index (Phi) is 2.65. The van der Waals surface area contributed by atoms with Crippen molar-refractivity contribution in [1.29, 1.82) is 0 Å². The normalized spacial score (nSPS) is 19.9. The third-order valence-electron chi connectivity index (χ3n) is 2.80. The van der Waals surface area contributed by atoms with Crippen LogP contribution in [-0.2, 0) is 4.79 Å². The zero-order valence-electron chi connectivity index (χ0n) is 9.58. The lowest BCUT2D eigenvalue weighted by Crippen LogP contribution is -2.19. The first-order valence-electron chi connectivity index (χ1n) is 5.33. The van der Waals surface area contributed by atoms with Crippen molar-refractivity contribution in [3.8, 4) is 0 Å². The molecule has 1 heterocycles. The standard InChI is InChI=1S/C14H15NO/c1-9(2)12-10(3)13(15-14(12)16)11-7-5-4-6-8-11/h4-8,13H,3H2,1-2H3,(H,15,16). The summed E-state index contributed by atoms with van der Waals surface area (Å²) in [6.45, 7) is 7.90. The van der Waals surface area contributed by atoms with Gasteiger partial charge in [0.15, 0.2) is 0 Å². The summed E-state index contributed by atoms with van der Waals surface area (Å²) in [5.74, 6) is -0.0150. The number of benzene rings is 1. The molecule has 1 unspecified atom stereocenters. The van der Waals surface area contributed by atoms with Crippen molar-refractivity contribution in [1.82, 2.24) is 5.32 Å². The van der Waals surface area contributed by atoms with Gasteiger partial charge in [0, 0.05) is 5.57 Å². The fourth-order valence-electron chi connectivity index (χ4n) is 2.06. The molecule has 0 saturated carbocycles. The van der Waals surface area contributed by atoms with E-state index in [2.05, 4.69) is 11.9 Å². The molecular formula is C14H15NO. The van der Waals surface area contributed by atoms with E-state index in [1.54, 1.807) is 0 Å². The summed E-state index contributed by atoms with van der Waals surface area (Å²) >= 11 is 0. The highest BCUT2D eigenvalue weighted by molar-refractivity contribution is 6.02. The monoisotopic (exact) mass is 213 g/mol. The fourth-order valence-corrected chi connectivity index (χ4v) is 2.06. The van der Waals surface area contributed by atoms with Crippen molar-refractivity contribution >= 4 is 5.91 Å². The molecule has 1 atom stereocenters. The van der Waals surface area contributed by atoms with E-state index in [9.17, 15) is 4.79 Å². The minimum absolute atomic E-state index is 0.0150. The van der Waals surface area contributed by atoms with Crippen LogP contribution in [-0.4, -0.2) is 5.91 Å². The molecule has 1 N–H and O–H groups in total. The smallest absolute Gasteiger partial charge is 0.252 e. The molecule has 1 aromatic carbocycles. The van der Waals surface area contributed by atoms with E-state index in [-0.39, 0.29) is 11.9 Å². The first-order valence-corrected chi connectivity index (χ1v) is 5.33. The van der Waals surface area contributed by atoms with Gasteiger partial charge in [-0.2, -0.15) is 0 Å². The minimum atomic E-state index is -0.0707. The van der Waals surface area contributed by atoms with E-state index in [1.807, 2.05) is 44.2 Å². The maximum Gasteiger partial charge on any atom is 0.252 e. The summed E-state index contributed by atoms with van der Waals surface area (Å²) in [6, 6.07) is 9.84. The van der Waals surface area contributed by atoms with Crippen LogP contribution in [0.4, 0.5) is 0 Å². The Morgan fingerprint density at radius 2 is 1.88 bits per heavy atom. The number of amides is 1. The largest absolute Gasteiger partial charge is 0.341 e. The molecule has 16 heavy (non-hydrogen) atoms. The second-order valence-corrected chi connectivity index (χ2v) is 4.22. The average molecular weight is 213 g/mol. The van der Waals surface area contributed by atoms with E-state index in [4.69, 9.17) is 0 Å². The lowest BCUT2D eigenvalue weighted by atomic mass is 9.96. The predicted octanol–water partition coefficient (Wildman–Crippen LogP) is 2.75. The second kappa shape index (κ2) is 3.97. The highest BCUT2D eigenvalue weighted by Gasteiger charge is 2.31. The molecule has 0 radical (unpaired) electrons. The highest BCUT2D eigenvalue weighted by Crippen LogP contribution is 2.33. The molecule has 1 aliphatic rings. The minimum Gasteiger partial charge on any atom is -0.341 e. The topological polar surface area (TPSA) is 29.1 Å². The summed E-state index contributed by atoms with van der Waals surface area (Å²) < 4.78 is 0. The van der Waals surface area contributed by atoms with Crippen LogP contribution in [0.1, 0.15) is 25.5 Å². The summed E-state index contributed by atoms with van der Waals surface area (Å²) in [6.07, 6.45) is 0. The van der Waals surface area contributed by atoms with Crippen LogP contribution in [0, 0.1) is 0 Å². The maximum absolute atomic E-state index is 11.8. The van der Waals surface area contributed by atoms with Gasteiger partial charge in [-0.05, 0) is 25.0 Å². The molecule has 0 spiro atoms. The fraction of sp³-hybridized carbons (Fsp3) is 0.214. The zero-order valence-corrected chi connectivity index (χ0v) is 9.58. The lowest BCUT2D eigenvalue weighted by molar-refractivity contribution is -0.116. The lowest BCUT2D eigenvalue weighted by Gasteiger charge is -2.11. The van der Waals surface area contributed by atoms with Gasteiger partial charge in [-0.1, -0.05) is 42.5 Å². The van der Waals surface area contributed by atoms with Crippen molar-refractivity contribution in [2.45, 2.75) is 19.9 Å². The second-order valence-electron chi connectivity index (χ2n) is 4.22. The van der Waals surface area contributed by atoms with E-state index in [1.165, 1.54) is 0 Å². The average Bonchev–Trinajstić information content (AvgIpc) is 2.55. The third-order valence-corrected chi connectivity index (χ3v) is 2.80. The number of rotatable bonds is 1. The molecule has 2 heteroatoms. The van der Waals surface area contributed by atoms with Gasteiger partial charge in [-0.25, -0.2) is 0 Å². The maximum atomic E-state index is 11.8.